The van der Waals surface area contributed by atoms with Crippen LogP contribution in [-0.2, 0) is 13.6 Å². The van der Waals surface area contributed by atoms with Gasteiger partial charge in [0, 0.05) is 38.1 Å². The lowest BCUT2D eigenvalue weighted by atomic mass is 10.1. The molecule has 0 aliphatic carbocycles. The third-order valence-electron chi connectivity index (χ3n) is 3.66. The van der Waals surface area contributed by atoms with Gasteiger partial charge in [0.25, 0.3) is 0 Å². The number of piperidine rings is 1. The predicted molar refractivity (Wildman–Crippen MR) is 72.0 cm³/mol. The summed E-state index contributed by atoms with van der Waals surface area (Å²) in [6.45, 7) is 7.02. The lowest BCUT2D eigenvalue weighted by molar-refractivity contribution is 0.208. The fraction of sp³-hybridized carbons (Fsp3) is 0.714. The Bertz CT molecular complexity index is 326. The molecule has 0 aromatic carbocycles. The molecular formula is C14H25N3. The molecule has 0 bridgehead atoms. The summed E-state index contributed by atoms with van der Waals surface area (Å²) in [5, 5.41) is 3.61. The first kappa shape index (κ1) is 12.7. The standard InChI is InChI=1S/C14H25N3/c1-13(12-17-9-4-3-5-10-17)15-11-14-7-6-8-16(14)2/h6-8,13,15H,3-5,9-12H2,1-2H3. The molecule has 1 fully saturated rings. The molecule has 0 spiro atoms. The normalized spacial score (nSPS) is 19.4. The third kappa shape index (κ3) is 3.86. The number of rotatable bonds is 5. The summed E-state index contributed by atoms with van der Waals surface area (Å²) in [6.07, 6.45) is 6.28. The zero-order valence-corrected chi connectivity index (χ0v) is 11.2. The van der Waals surface area contributed by atoms with Gasteiger partial charge < -0.3 is 14.8 Å². The molecule has 0 saturated carbocycles. The van der Waals surface area contributed by atoms with Crippen LogP contribution in [0.3, 0.4) is 0 Å². The smallest absolute Gasteiger partial charge is 0.0361 e. The number of nitrogens with one attached hydrogen (secondary N) is 1. The van der Waals surface area contributed by atoms with Gasteiger partial charge in [0.2, 0.25) is 0 Å². The minimum atomic E-state index is 0.572. The van der Waals surface area contributed by atoms with Crippen molar-refractivity contribution in [2.75, 3.05) is 19.6 Å². The minimum Gasteiger partial charge on any atom is -0.353 e. The maximum Gasteiger partial charge on any atom is 0.0361 e. The van der Waals surface area contributed by atoms with Gasteiger partial charge in [0.05, 0.1) is 0 Å². The highest BCUT2D eigenvalue weighted by molar-refractivity contribution is 5.06. The highest BCUT2D eigenvalue weighted by Gasteiger charge is 2.13. The van der Waals surface area contributed by atoms with Gasteiger partial charge in [0.15, 0.2) is 0 Å². The van der Waals surface area contributed by atoms with E-state index >= 15 is 0 Å². The molecule has 1 aromatic rings. The van der Waals surface area contributed by atoms with E-state index in [0.29, 0.717) is 6.04 Å². The molecule has 0 radical (unpaired) electrons. The van der Waals surface area contributed by atoms with Gasteiger partial charge in [-0.1, -0.05) is 6.42 Å². The van der Waals surface area contributed by atoms with Crippen molar-refractivity contribution in [3.63, 3.8) is 0 Å². The van der Waals surface area contributed by atoms with Crippen molar-refractivity contribution in [1.82, 2.24) is 14.8 Å². The van der Waals surface area contributed by atoms with Crippen molar-refractivity contribution in [2.24, 2.45) is 7.05 Å². The molecule has 1 aromatic heterocycles. The zero-order valence-electron chi connectivity index (χ0n) is 11.2. The summed E-state index contributed by atoms with van der Waals surface area (Å²) in [6, 6.07) is 4.86. The Kier molecular flexibility index (Phi) is 4.63. The summed E-state index contributed by atoms with van der Waals surface area (Å²) < 4.78 is 2.18. The molecule has 1 atom stereocenters. The van der Waals surface area contributed by atoms with Crippen LogP contribution in [0.4, 0.5) is 0 Å². The van der Waals surface area contributed by atoms with Crippen molar-refractivity contribution in [3.05, 3.63) is 24.0 Å². The third-order valence-corrected chi connectivity index (χ3v) is 3.66. The molecule has 17 heavy (non-hydrogen) atoms. The van der Waals surface area contributed by atoms with Crippen LogP contribution in [-0.4, -0.2) is 35.1 Å². The first-order valence-electron chi connectivity index (χ1n) is 6.81. The summed E-state index contributed by atoms with van der Waals surface area (Å²) in [5.74, 6) is 0. The predicted octanol–water partition coefficient (Wildman–Crippen LogP) is 1.99. The van der Waals surface area contributed by atoms with Gasteiger partial charge in [-0.25, -0.2) is 0 Å². The largest absolute Gasteiger partial charge is 0.353 e. The highest BCUT2D eigenvalue weighted by atomic mass is 15.2. The highest BCUT2D eigenvalue weighted by Crippen LogP contribution is 2.09. The van der Waals surface area contributed by atoms with E-state index < -0.39 is 0 Å². The average molecular weight is 235 g/mol. The van der Waals surface area contributed by atoms with E-state index in [4.69, 9.17) is 0 Å². The van der Waals surface area contributed by atoms with Crippen molar-refractivity contribution < 1.29 is 0 Å². The van der Waals surface area contributed by atoms with E-state index in [1.165, 1.54) is 44.6 Å². The minimum absolute atomic E-state index is 0.572. The molecule has 96 valence electrons. The first-order valence-corrected chi connectivity index (χ1v) is 6.81. The van der Waals surface area contributed by atoms with E-state index in [2.05, 4.69) is 47.1 Å². The zero-order chi connectivity index (χ0) is 12.1. The second-order valence-corrected chi connectivity index (χ2v) is 5.25. The summed E-state index contributed by atoms with van der Waals surface area (Å²) in [5.41, 5.74) is 1.36. The number of aromatic nitrogens is 1. The quantitative estimate of drug-likeness (QED) is 0.842. The number of nitrogens with zero attached hydrogens (tertiary/aromatic N) is 2. The molecule has 1 saturated heterocycles. The van der Waals surface area contributed by atoms with E-state index in [0.717, 1.165) is 6.54 Å². The Labute approximate surface area is 105 Å². The van der Waals surface area contributed by atoms with Crippen molar-refractivity contribution in [3.8, 4) is 0 Å². The van der Waals surface area contributed by atoms with E-state index in [1.54, 1.807) is 0 Å². The van der Waals surface area contributed by atoms with Gasteiger partial charge in [0.1, 0.15) is 0 Å². The van der Waals surface area contributed by atoms with Crippen LogP contribution < -0.4 is 5.32 Å². The lowest BCUT2D eigenvalue weighted by Gasteiger charge is -2.29. The molecule has 1 unspecified atom stereocenters. The van der Waals surface area contributed by atoms with Crippen LogP contribution in [0.1, 0.15) is 31.9 Å². The average Bonchev–Trinajstić information content (AvgIpc) is 2.74. The Morgan fingerprint density at radius 1 is 1.29 bits per heavy atom. The van der Waals surface area contributed by atoms with Gasteiger partial charge in [-0.15, -0.1) is 0 Å². The van der Waals surface area contributed by atoms with Crippen molar-refractivity contribution >= 4 is 0 Å². The van der Waals surface area contributed by atoms with Gasteiger partial charge in [-0.05, 0) is 45.0 Å². The van der Waals surface area contributed by atoms with Crippen LogP contribution in [0.5, 0.6) is 0 Å². The van der Waals surface area contributed by atoms with E-state index in [-0.39, 0.29) is 0 Å². The second-order valence-electron chi connectivity index (χ2n) is 5.25. The SMILES string of the molecule is CC(CN1CCCCC1)NCc1cccn1C. The fourth-order valence-corrected chi connectivity index (χ4v) is 2.55. The topological polar surface area (TPSA) is 20.2 Å². The summed E-state index contributed by atoms with van der Waals surface area (Å²) in [4.78, 5) is 2.59. The Morgan fingerprint density at radius 3 is 2.71 bits per heavy atom. The van der Waals surface area contributed by atoms with Gasteiger partial charge >= 0.3 is 0 Å². The number of hydrogen-bond donors (Lipinski definition) is 1. The molecule has 2 heterocycles. The van der Waals surface area contributed by atoms with Crippen molar-refractivity contribution in [2.45, 2.75) is 38.8 Å². The molecule has 0 amide bonds. The maximum absolute atomic E-state index is 3.61. The van der Waals surface area contributed by atoms with E-state index in [1.807, 2.05) is 0 Å². The number of hydrogen-bond acceptors (Lipinski definition) is 2. The monoisotopic (exact) mass is 235 g/mol. The van der Waals surface area contributed by atoms with Crippen LogP contribution in [0.25, 0.3) is 0 Å². The second kappa shape index (κ2) is 6.22. The van der Waals surface area contributed by atoms with Crippen molar-refractivity contribution in [1.29, 1.82) is 0 Å². The van der Waals surface area contributed by atoms with E-state index in [9.17, 15) is 0 Å². The van der Waals surface area contributed by atoms with Gasteiger partial charge in [-0.2, -0.15) is 0 Å². The Balaban J connectivity index is 1.70. The first-order chi connectivity index (χ1) is 8.25. The Hall–Kier alpha value is -0.800. The summed E-state index contributed by atoms with van der Waals surface area (Å²) >= 11 is 0. The Morgan fingerprint density at radius 2 is 2.06 bits per heavy atom. The number of likely N-dealkylation sites (tertiary alicyclic amines) is 1. The van der Waals surface area contributed by atoms with Crippen LogP contribution >= 0.6 is 0 Å². The molecule has 1 N–H and O–H groups in total. The fourth-order valence-electron chi connectivity index (χ4n) is 2.55. The lowest BCUT2D eigenvalue weighted by Crippen LogP contribution is -2.41. The van der Waals surface area contributed by atoms with Crippen LogP contribution in [0.2, 0.25) is 0 Å². The van der Waals surface area contributed by atoms with Crippen LogP contribution in [0.15, 0.2) is 18.3 Å². The molecule has 3 heteroatoms. The molecule has 1 aliphatic rings. The molecule has 1 aliphatic heterocycles. The molecular weight excluding hydrogens is 210 g/mol. The maximum atomic E-state index is 3.61. The molecule has 3 nitrogen and oxygen atoms in total. The van der Waals surface area contributed by atoms with Crippen LogP contribution in [0, 0.1) is 0 Å². The molecule has 2 rings (SSSR count). The summed E-state index contributed by atoms with van der Waals surface area (Å²) in [7, 11) is 2.10. The van der Waals surface area contributed by atoms with Gasteiger partial charge in [-0.3, -0.25) is 0 Å². The number of aryl methyl sites for hydroxylation is 1.